The first-order valence-electron chi connectivity index (χ1n) is 7.82. The van der Waals surface area contributed by atoms with Crippen molar-refractivity contribution in [1.29, 1.82) is 0 Å². The van der Waals surface area contributed by atoms with Crippen molar-refractivity contribution in [1.82, 2.24) is 0 Å². The Morgan fingerprint density at radius 2 is 1.78 bits per heavy atom. The summed E-state index contributed by atoms with van der Waals surface area (Å²) in [6.45, 7) is 3.51. The first-order chi connectivity index (χ1) is 10.9. The number of hydrogen-bond donors (Lipinski definition) is 1. The monoisotopic (exact) mass is 329 g/mol. The van der Waals surface area contributed by atoms with E-state index in [1.807, 2.05) is 6.07 Å². The zero-order valence-corrected chi connectivity index (χ0v) is 14.1. The summed E-state index contributed by atoms with van der Waals surface area (Å²) in [5.74, 6) is 0.439. The number of amides is 1. The molecule has 0 atom stereocenters. The maximum atomic E-state index is 12.5. The van der Waals surface area contributed by atoms with Gasteiger partial charge in [0.2, 0.25) is 0 Å². The van der Waals surface area contributed by atoms with Crippen molar-refractivity contribution in [2.24, 2.45) is 0 Å². The van der Waals surface area contributed by atoms with Gasteiger partial charge in [-0.05, 0) is 80.6 Å². The van der Waals surface area contributed by atoms with E-state index in [4.69, 9.17) is 16.3 Å². The molecule has 0 aliphatic heterocycles. The number of rotatable bonds is 4. The van der Waals surface area contributed by atoms with Gasteiger partial charge >= 0.3 is 0 Å². The quantitative estimate of drug-likeness (QED) is 0.888. The Labute approximate surface area is 141 Å². The Balaban J connectivity index is 1.69. The van der Waals surface area contributed by atoms with E-state index in [2.05, 4.69) is 17.4 Å². The Morgan fingerprint density at radius 3 is 2.52 bits per heavy atom. The molecular weight excluding hydrogens is 310 g/mol. The smallest absolute Gasteiger partial charge is 0.267 e. The van der Waals surface area contributed by atoms with Gasteiger partial charge < -0.3 is 10.1 Å². The molecule has 4 heteroatoms. The van der Waals surface area contributed by atoms with Crippen LogP contribution in [0, 0.1) is 0 Å². The zero-order valence-electron chi connectivity index (χ0n) is 13.4. The van der Waals surface area contributed by atoms with E-state index < -0.39 is 5.60 Å². The molecular formula is C19H20ClNO2. The van der Waals surface area contributed by atoms with Gasteiger partial charge in [-0.2, -0.15) is 0 Å². The summed E-state index contributed by atoms with van der Waals surface area (Å²) < 4.78 is 5.81. The Kier molecular flexibility index (Phi) is 4.31. The number of hydrogen-bond acceptors (Lipinski definition) is 2. The van der Waals surface area contributed by atoms with Crippen molar-refractivity contribution in [3.05, 3.63) is 58.6 Å². The van der Waals surface area contributed by atoms with E-state index in [9.17, 15) is 4.79 Å². The molecule has 1 N–H and O–H groups in total. The van der Waals surface area contributed by atoms with E-state index in [0.29, 0.717) is 10.8 Å². The van der Waals surface area contributed by atoms with Crippen molar-refractivity contribution >= 4 is 23.2 Å². The molecule has 1 amide bonds. The fourth-order valence-corrected chi connectivity index (χ4v) is 2.90. The first-order valence-corrected chi connectivity index (χ1v) is 8.20. The third-order valence-corrected chi connectivity index (χ3v) is 4.34. The highest BCUT2D eigenvalue weighted by atomic mass is 35.5. The van der Waals surface area contributed by atoms with Gasteiger partial charge in [-0.1, -0.05) is 17.7 Å². The van der Waals surface area contributed by atoms with Crippen LogP contribution in [0.4, 0.5) is 5.69 Å². The lowest BCUT2D eigenvalue weighted by molar-refractivity contribution is -0.128. The zero-order chi connectivity index (χ0) is 16.4. The van der Waals surface area contributed by atoms with Crippen molar-refractivity contribution in [3.63, 3.8) is 0 Å². The molecule has 1 aliphatic carbocycles. The lowest BCUT2D eigenvalue weighted by Crippen LogP contribution is -2.42. The molecule has 3 nitrogen and oxygen atoms in total. The van der Waals surface area contributed by atoms with E-state index in [1.165, 1.54) is 17.5 Å². The van der Waals surface area contributed by atoms with Crippen LogP contribution >= 0.6 is 11.6 Å². The van der Waals surface area contributed by atoms with Gasteiger partial charge in [0, 0.05) is 10.7 Å². The second-order valence-electron chi connectivity index (χ2n) is 6.36. The molecule has 3 rings (SSSR count). The van der Waals surface area contributed by atoms with Crippen molar-refractivity contribution in [3.8, 4) is 5.75 Å². The second kappa shape index (κ2) is 6.25. The number of carbonyl (C=O) groups is 1. The molecule has 2 aromatic rings. The second-order valence-corrected chi connectivity index (χ2v) is 6.79. The molecule has 0 aromatic heterocycles. The fraction of sp³-hybridized carbons (Fsp3) is 0.316. The topological polar surface area (TPSA) is 38.3 Å². The average molecular weight is 330 g/mol. The van der Waals surface area contributed by atoms with E-state index in [-0.39, 0.29) is 5.91 Å². The third-order valence-electron chi connectivity index (χ3n) is 4.09. The van der Waals surface area contributed by atoms with Gasteiger partial charge in [0.15, 0.2) is 5.60 Å². The molecule has 120 valence electrons. The third kappa shape index (κ3) is 3.67. The summed E-state index contributed by atoms with van der Waals surface area (Å²) in [5, 5.41) is 3.59. The number of fused-ring (bicyclic) bond motifs is 1. The maximum absolute atomic E-state index is 12.5. The Morgan fingerprint density at radius 1 is 1.09 bits per heavy atom. The van der Waals surface area contributed by atoms with Gasteiger partial charge in [-0.15, -0.1) is 0 Å². The molecule has 0 saturated heterocycles. The fourth-order valence-electron chi connectivity index (χ4n) is 2.77. The first kappa shape index (κ1) is 15.9. The predicted octanol–water partition coefficient (Wildman–Crippen LogP) is 4.62. The van der Waals surface area contributed by atoms with Gasteiger partial charge in [0.1, 0.15) is 5.75 Å². The lowest BCUT2D eigenvalue weighted by atomic mass is 10.1. The minimum atomic E-state index is -0.979. The van der Waals surface area contributed by atoms with Gasteiger partial charge in [-0.3, -0.25) is 4.79 Å². The highest BCUT2D eigenvalue weighted by Crippen LogP contribution is 2.26. The van der Waals surface area contributed by atoms with Crippen LogP contribution in [0.2, 0.25) is 5.02 Å². The van der Waals surface area contributed by atoms with E-state index >= 15 is 0 Å². The minimum Gasteiger partial charge on any atom is -0.478 e. The Hall–Kier alpha value is -2.00. The summed E-state index contributed by atoms with van der Waals surface area (Å²) in [6, 6.07) is 13.1. The van der Waals surface area contributed by atoms with Crippen LogP contribution < -0.4 is 10.1 Å². The molecule has 0 saturated carbocycles. The van der Waals surface area contributed by atoms with Gasteiger partial charge in [0.25, 0.3) is 5.91 Å². The molecule has 0 heterocycles. The van der Waals surface area contributed by atoms with Crippen molar-refractivity contribution in [2.75, 3.05) is 5.32 Å². The molecule has 23 heavy (non-hydrogen) atoms. The number of anilines is 1. The number of nitrogens with one attached hydrogen (secondary N) is 1. The number of ether oxygens (including phenoxy) is 1. The molecule has 0 fully saturated rings. The average Bonchev–Trinajstić information content (AvgIpc) is 2.97. The number of aryl methyl sites for hydroxylation is 2. The Bertz CT molecular complexity index is 723. The van der Waals surface area contributed by atoms with Crippen LogP contribution in [0.15, 0.2) is 42.5 Å². The number of benzene rings is 2. The molecule has 1 aliphatic rings. The van der Waals surface area contributed by atoms with Gasteiger partial charge in [-0.25, -0.2) is 0 Å². The standard InChI is InChI=1S/C19H20ClNO2/c1-19(2,23-17-10-7-15(20)8-11-17)18(22)21-16-9-6-13-4-3-5-14(13)12-16/h6-12H,3-5H2,1-2H3,(H,21,22). The van der Waals surface area contributed by atoms with Crippen LogP contribution in [0.1, 0.15) is 31.4 Å². The van der Waals surface area contributed by atoms with Crippen molar-refractivity contribution < 1.29 is 9.53 Å². The minimum absolute atomic E-state index is 0.176. The summed E-state index contributed by atoms with van der Waals surface area (Å²) in [5.41, 5.74) is 2.56. The summed E-state index contributed by atoms with van der Waals surface area (Å²) in [6.07, 6.45) is 3.41. The number of halogens is 1. The van der Waals surface area contributed by atoms with Crippen LogP contribution in [0.5, 0.6) is 5.75 Å². The highest BCUT2D eigenvalue weighted by Gasteiger charge is 2.30. The number of carbonyl (C=O) groups excluding carboxylic acids is 1. The molecule has 0 spiro atoms. The highest BCUT2D eigenvalue weighted by molar-refractivity contribution is 6.30. The van der Waals surface area contributed by atoms with Gasteiger partial charge in [0.05, 0.1) is 0 Å². The predicted molar refractivity (Wildman–Crippen MR) is 93.3 cm³/mol. The van der Waals surface area contributed by atoms with Crippen LogP contribution in [-0.4, -0.2) is 11.5 Å². The normalized spacial score (nSPS) is 13.5. The molecule has 0 unspecified atom stereocenters. The van der Waals surface area contributed by atoms with Crippen molar-refractivity contribution in [2.45, 2.75) is 38.7 Å². The molecule has 0 bridgehead atoms. The SMILES string of the molecule is CC(C)(Oc1ccc(Cl)cc1)C(=O)Nc1ccc2c(c1)CCC2. The van der Waals surface area contributed by atoms with Crippen LogP contribution in [0.3, 0.4) is 0 Å². The van der Waals surface area contributed by atoms with E-state index in [0.717, 1.165) is 18.5 Å². The largest absolute Gasteiger partial charge is 0.478 e. The van der Waals surface area contributed by atoms with Crippen LogP contribution in [-0.2, 0) is 17.6 Å². The van der Waals surface area contributed by atoms with E-state index in [1.54, 1.807) is 38.1 Å². The summed E-state index contributed by atoms with van der Waals surface area (Å²) in [7, 11) is 0. The summed E-state index contributed by atoms with van der Waals surface area (Å²) >= 11 is 5.86. The van der Waals surface area contributed by atoms with Crippen LogP contribution in [0.25, 0.3) is 0 Å². The lowest BCUT2D eigenvalue weighted by Gasteiger charge is -2.25. The maximum Gasteiger partial charge on any atom is 0.267 e. The molecule has 0 radical (unpaired) electrons. The molecule has 2 aromatic carbocycles. The summed E-state index contributed by atoms with van der Waals surface area (Å²) in [4.78, 5) is 12.5.